The van der Waals surface area contributed by atoms with Gasteiger partial charge in [-0.1, -0.05) is 29.5 Å². The van der Waals surface area contributed by atoms with Crippen molar-refractivity contribution < 1.29 is 9.47 Å². The lowest BCUT2D eigenvalue weighted by molar-refractivity contribution is 0.0941. The molecule has 2 heterocycles. The molecule has 1 N–H and O–H groups in total. The molecule has 1 aromatic heterocycles. The first-order valence-electron chi connectivity index (χ1n) is 7.81. The van der Waals surface area contributed by atoms with Gasteiger partial charge in [-0.3, -0.25) is 4.57 Å². The molecule has 1 unspecified atom stereocenters. The number of nitrogens with zero attached hydrogens (tertiary/aromatic N) is 2. The zero-order valence-corrected chi connectivity index (χ0v) is 14.0. The van der Waals surface area contributed by atoms with Gasteiger partial charge in [0.15, 0.2) is 5.16 Å². The molecule has 1 fully saturated rings. The van der Waals surface area contributed by atoms with E-state index >= 15 is 0 Å². The van der Waals surface area contributed by atoms with Crippen LogP contribution in [0.2, 0.25) is 0 Å². The van der Waals surface area contributed by atoms with Gasteiger partial charge < -0.3 is 9.47 Å². The molecule has 1 atom stereocenters. The maximum Gasteiger partial charge on any atom is 0.344 e. The summed E-state index contributed by atoms with van der Waals surface area (Å²) in [5.74, 6) is 1.58. The Bertz CT molecular complexity index is 675. The number of ether oxygens (including phenoxy) is 2. The summed E-state index contributed by atoms with van der Waals surface area (Å²) in [6.45, 7) is 3.96. The monoisotopic (exact) mass is 335 g/mol. The Morgan fingerprint density at radius 1 is 1.43 bits per heavy atom. The fraction of sp³-hybridized carbons (Fsp3) is 0.500. The van der Waals surface area contributed by atoms with E-state index in [1.807, 2.05) is 31.2 Å². The van der Waals surface area contributed by atoms with E-state index < -0.39 is 0 Å². The fourth-order valence-electron chi connectivity index (χ4n) is 2.49. The highest BCUT2D eigenvalue weighted by molar-refractivity contribution is 7.99. The van der Waals surface area contributed by atoms with Gasteiger partial charge in [0.2, 0.25) is 0 Å². The molecule has 0 saturated carbocycles. The normalized spacial score (nSPS) is 17.5. The number of rotatable bonds is 7. The Morgan fingerprint density at radius 3 is 3.00 bits per heavy atom. The molecule has 3 rings (SSSR count). The predicted molar refractivity (Wildman–Crippen MR) is 89.2 cm³/mol. The number of hydrogen-bond acceptors (Lipinski definition) is 5. The van der Waals surface area contributed by atoms with Gasteiger partial charge in [-0.05, 0) is 31.9 Å². The predicted octanol–water partition coefficient (Wildman–Crippen LogP) is 2.23. The standard InChI is InChI=1S/C16H21N3O3S/c1-12-4-6-13(7-5-12)22-9-10-23-16-18-17-15(20)19(16)11-14-3-2-8-21-14/h4-7,14H,2-3,8-11H2,1H3,(H,17,20). The third-order valence-corrected chi connectivity index (χ3v) is 4.68. The minimum absolute atomic E-state index is 0.119. The van der Waals surface area contributed by atoms with Crippen molar-refractivity contribution in [2.24, 2.45) is 0 Å². The van der Waals surface area contributed by atoms with Crippen LogP contribution in [0.5, 0.6) is 5.75 Å². The van der Waals surface area contributed by atoms with Gasteiger partial charge in [-0.2, -0.15) is 0 Å². The third kappa shape index (κ3) is 4.39. The van der Waals surface area contributed by atoms with E-state index in [1.165, 1.54) is 17.3 Å². The molecule has 0 amide bonds. The average molecular weight is 335 g/mol. The molecule has 0 radical (unpaired) electrons. The van der Waals surface area contributed by atoms with Crippen molar-refractivity contribution in [3.8, 4) is 5.75 Å². The lowest BCUT2D eigenvalue weighted by Gasteiger charge is -2.11. The number of aryl methyl sites for hydroxylation is 1. The van der Waals surface area contributed by atoms with Crippen LogP contribution < -0.4 is 10.4 Å². The number of aromatic nitrogens is 3. The second-order valence-electron chi connectivity index (χ2n) is 5.57. The highest BCUT2D eigenvalue weighted by atomic mass is 32.2. The van der Waals surface area contributed by atoms with Gasteiger partial charge in [0, 0.05) is 12.4 Å². The van der Waals surface area contributed by atoms with E-state index in [2.05, 4.69) is 10.2 Å². The SMILES string of the molecule is Cc1ccc(OCCSc2n[nH]c(=O)n2CC2CCCO2)cc1. The second-order valence-corrected chi connectivity index (χ2v) is 6.63. The molecule has 1 aliphatic heterocycles. The van der Waals surface area contributed by atoms with Gasteiger partial charge in [0.1, 0.15) is 5.75 Å². The Kier molecular flexibility index (Phi) is 5.40. The van der Waals surface area contributed by atoms with E-state index in [0.29, 0.717) is 18.3 Å². The maximum absolute atomic E-state index is 11.9. The van der Waals surface area contributed by atoms with Crippen LogP contribution in [0, 0.1) is 6.92 Å². The van der Waals surface area contributed by atoms with Gasteiger partial charge in [-0.15, -0.1) is 5.10 Å². The minimum atomic E-state index is -0.178. The van der Waals surface area contributed by atoms with Crippen LogP contribution in [0.25, 0.3) is 0 Å². The van der Waals surface area contributed by atoms with Crippen molar-refractivity contribution in [2.75, 3.05) is 19.0 Å². The van der Waals surface area contributed by atoms with Crippen molar-refractivity contribution in [2.45, 2.75) is 37.6 Å². The number of benzene rings is 1. The number of H-pyrrole nitrogens is 1. The molecule has 124 valence electrons. The van der Waals surface area contributed by atoms with Crippen LogP contribution in [0.1, 0.15) is 18.4 Å². The molecule has 7 heteroatoms. The van der Waals surface area contributed by atoms with E-state index in [4.69, 9.17) is 9.47 Å². The molecule has 1 aliphatic rings. The van der Waals surface area contributed by atoms with Crippen LogP contribution in [0.3, 0.4) is 0 Å². The summed E-state index contributed by atoms with van der Waals surface area (Å²) in [5.41, 5.74) is 1.03. The van der Waals surface area contributed by atoms with E-state index in [0.717, 1.165) is 31.0 Å². The second kappa shape index (κ2) is 7.70. The summed E-state index contributed by atoms with van der Waals surface area (Å²) in [6, 6.07) is 7.97. The first-order valence-corrected chi connectivity index (χ1v) is 8.80. The Morgan fingerprint density at radius 2 is 2.26 bits per heavy atom. The highest BCUT2D eigenvalue weighted by Crippen LogP contribution is 2.18. The van der Waals surface area contributed by atoms with Gasteiger partial charge in [0.25, 0.3) is 0 Å². The maximum atomic E-state index is 11.9. The van der Waals surface area contributed by atoms with E-state index in [-0.39, 0.29) is 11.8 Å². The third-order valence-electron chi connectivity index (χ3n) is 3.74. The van der Waals surface area contributed by atoms with Crippen molar-refractivity contribution >= 4 is 11.8 Å². The van der Waals surface area contributed by atoms with Crippen LogP contribution in [0.15, 0.2) is 34.2 Å². The lowest BCUT2D eigenvalue weighted by Crippen LogP contribution is -2.25. The summed E-state index contributed by atoms with van der Waals surface area (Å²) < 4.78 is 12.9. The van der Waals surface area contributed by atoms with Crippen molar-refractivity contribution in [1.82, 2.24) is 14.8 Å². The van der Waals surface area contributed by atoms with Crippen LogP contribution in [-0.4, -0.2) is 39.8 Å². The van der Waals surface area contributed by atoms with Gasteiger partial charge in [-0.25, -0.2) is 9.89 Å². The van der Waals surface area contributed by atoms with Crippen LogP contribution in [-0.2, 0) is 11.3 Å². The number of hydrogen-bond donors (Lipinski definition) is 1. The Hall–Kier alpha value is -1.73. The van der Waals surface area contributed by atoms with Crippen molar-refractivity contribution in [3.63, 3.8) is 0 Å². The summed E-state index contributed by atoms with van der Waals surface area (Å²) in [5, 5.41) is 7.30. The van der Waals surface area contributed by atoms with Crippen molar-refractivity contribution in [3.05, 3.63) is 40.3 Å². The minimum Gasteiger partial charge on any atom is -0.493 e. The molecule has 0 bridgehead atoms. The molecular weight excluding hydrogens is 314 g/mol. The molecular formula is C16H21N3O3S. The summed E-state index contributed by atoms with van der Waals surface area (Å²) in [6.07, 6.45) is 2.18. The zero-order chi connectivity index (χ0) is 16.1. The number of nitrogens with one attached hydrogen (secondary N) is 1. The molecule has 2 aromatic rings. The van der Waals surface area contributed by atoms with E-state index in [1.54, 1.807) is 4.57 Å². The fourth-order valence-corrected chi connectivity index (χ4v) is 3.27. The Labute approximate surface area is 139 Å². The van der Waals surface area contributed by atoms with Crippen molar-refractivity contribution in [1.29, 1.82) is 0 Å². The molecule has 23 heavy (non-hydrogen) atoms. The number of thioether (sulfide) groups is 1. The molecule has 1 aromatic carbocycles. The largest absolute Gasteiger partial charge is 0.493 e. The summed E-state index contributed by atoms with van der Waals surface area (Å²) in [7, 11) is 0. The molecule has 0 aliphatic carbocycles. The molecule has 6 nitrogen and oxygen atoms in total. The molecule has 0 spiro atoms. The lowest BCUT2D eigenvalue weighted by atomic mass is 10.2. The van der Waals surface area contributed by atoms with Gasteiger partial charge >= 0.3 is 5.69 Å². The first-order chi connectivity index (χ1) is 11.2. The van der Waals surface area contributed by atoms with Crippen LogP contribution >= 0.6 is 11.8 Å². The smallest absolute Gasteiger partial charge is 0.344 e. The topological polar surface area (TPSA) is 69.1 Å². The summed E-state index contributed by atoms with van der Waals surface area (Å²) >= 11 is 1.51. The zero-order valence-electron chi connectivity index (χ0n) is 13.2. The quantitative estimate of drug-likeness (QED) is 0.621. The Balaban J connectivity index is 1.50. The van der Waals surface area contributed by atoms with Crippen LogP contribution in [0.4, 0.5) is 0 Å². The molecule has 1 saturated heterocycles. The first kappa shape index (κ1) is 16.1. The average Bonchev–Trinajstić information content (AvgIpc) is 3.18. The highest BCUT2D eigenvalue weighted by Gasteiger charge is 2.19. The summed E-state index contributed by atoms with van der Waals surface area (Å²) in [4.78, 5) is 11.9. The van der Waals surface area contributed by atoms with Gasteiger partial charge in [0.05, 0.1) is 19.3 Å². The van der Waals surface area contributed by atoms with E-state index in [9.17, 15) is 4.79 Å². The number of aromatic amines is 1.